The van der Waals surface area contributed by atoms with Crippen molar-refractivity contribution in [3.63, 3.8) is 0 Å². The molecule has 9 heteroatoms. The summed E-state index contributed by atoms with van der Waals surface area (Å²) in [4.78, 5) is 27.9. The molecule has 0 bridgehead atoms. The molecule has 4 aromatic rings. The Hall–Kier alpha value is -4.92. The number of hydrogen-bond donors (Lipinski definition) is 5. The first-order valence-corrected chi connectivity index (χ1v) is 11.1. The summed E-state index contributed by atoms with van der Waals surface area (Å²) in [5.74, 6) is -2.36. The summed E-state index contributed by atoms with van der Waals surface area (Å²) in [6, 6.07) is 17.4. The number of carbonyl (C=O) groups is 2. The van der Waals surface area contributed by atoms with Crippen LogP contribution >= 0.6 is 0 Å². The highest BCUT2D eigenvalue weighted by Crippen LogP contribution is 2.36. The summed E-state index contributed by atoms with van der Waals surface area (Å²) in [5.41, 5.74) is 5.44. The van der Waals surface area contributed by atoms with Gasteiger partial charge in [-0.25, -0.2) is 13.6 Å². The molecule has 0 spiro atoms. The third kappa shape index (κ3) is 4.67. The van der Waals surface area contributed by atoms with Crippen LogP contribution in [0.4, 0.5) is 42.0 Å². The zero-order valence-electron chi connectivity index (χ0n) is 19.1. The summed E-state index contributed by atoms with van der Waals surface area (Å²) in [6.45, 7) is 1.90. The fraction of sp³-hybridized carbons (Fsp3) is 0.0370. The highest BCUT2D eigenvalue weighted by Gasteiger charge is 2.24. The van der Waals surface area contributed by atoms with Crippen LogP contribution in [0.5, 0.6) is 0 Å². The van der Waals surface area contributed by atoms with Gasteiger partial charge in [0.05, 0.1) is 16.9 Å². The molecule has 5 rings (SSSR count). The minimum Gasteiger partial charge on any atom is -0.362 e. The van der Waals surface area contributed by atoms with Gasteiger partial charge in [-0.1, -0.05) is 18.2 Å². The van der Waals surface area contributed by atoms with Gasteiger partial charge in [-0.15, -0.1) is 0 Å². The Kier molecular flexibility index (Phi) is 5.95. The molecule has 180 valence electrons. The topological polar surface area (TPSA) is 98.0 Å². The SMILES string of the molecule is Cc1ccc(NC(=O)Nc2cccc(F)c2F)cc1Nc1ccc2c(c1)NC(=O)C2=Cc1ccc[nH]1. The summed E-state index contributed by atoms with van der Waals surface area (Å²) in [5, 5.41) is 11.1. The zero-order chi connectivity index (χ0) is 25.2. The van der Waals surface area contributed by atoms with E-state index >= 15 is 0 Å². The number of aromatic nitrogens is 1. The number of hydrogen-bond acceptors (Lipinski definition) is 3. The number of aryl methyl sites for hydroxylation is 1. The number of carbonyl (C=O) groups excluding carboxylic acids is 2. The molecule has 0 radical (unpaired) electrons. The molecule has 1 aliphatic heterocycles. The fourth-order valence-electron chi connectivity index (χ4n) is 3.88. The maximum atomic E-state index is 13.8. The van der Waals surface area contributed by atoms with E-state index in [1.54, 1.807) is 24.4 Å². The normalized spacial score (nSPS) is 13.3. The van der Waals surface area contributed by atoms with E-state index in [4.69, 9.17) is 0 Å². The van der Waals surface area contributed by atoms with Crippen LogP contribution < -0.4 is 21.3 Å². The average Bonchev–Trinajstić information content (AvgIpc) is 3.47. The predicted octanol–water partition coefficient (Wildman–Crippen LogP) is 6.48. The van der Waals surface area contributed by atoms with Crippen molar-refractivity contribution in [3.8, 4) is 0 Å². The third-order valence-corrected chi connectivity index (χ3v) is 5.70. The number of anilines is 5. The van der Waals surface area contributed by atoms with Crippen LogP contribution in [0.3, 0.4) is 0 Å². The van der Waals surface area contributed by atoms with E-state index in [1.165, 1.54) is 12.1 Å². The molecule has 1 aliphatic rings. The molecule has 0 aliphatic carbocycles. The second-order valence-corrected chi connectivity index (χ2v) is 8.23. The number of amides is 3. The maximum absolute atomic E-state index is 13.8. The highest BCUT2D eigenvalue weighted by molar-refractivity contribution is 6.35. The van der Waals surface area contributed by atoms with Gasteiger partial charge in [-0.2, -0.15) is 0 Å². The number of urea groups is 1. The Morgan fingerprint density at radius 3 is 2.56 bits per heavy atom. The van der Waals surface area contributed by atoms with Gasteiger partial charge in [0.25, 0.3) is 5.91 Å². The van der Waals surface area contributed by atoms with Crippen molar-refractivity contribution in [2.75, 3.05) is 21.3 Å². The van der Waals surface area contributed by atoms with Crippen LogP contribution in [-0.2, 0) is 4.79 Å². The largest absolute Gasteiger partial charge is 0.362 e. The predicted molar refractivity (Wildman–Crippen MR) is 137 cm³/mol. The summed E-state index contributed by atoms with van der Waals surface area (Å²) in [7, 11) is 0. The van der Waals surface area contributed by atoms with Gasteiger partial charge in [0, 0.05) is 34.5 Å². The van der Waals surface area contributed by atoms with Gasteiger partial charge in [0.15, 0.2) is 11.6 Å². The minimum atomic E-state index is -1.13. The summed E-state index contributed by atoms with van der Waals surface area (Å²) < 4.78 is 27.2. The number of fused-ring (bicyclic) bond motifs is 1. The number of H-pyrrole nitrogens is 1. The van der Waals surface area contributed by atoms with E-state index in [1.807, 2.05) is 43.3 Å². The van der Waals surface area contributed by atoms with Crippen molar-refractivity contribution >= 4 is 52.0 Å². The molecule has 0 atom stereocenters. The molecule has 3 aromatic carbocycles. The molecule has 0 saturated heterocycles. The molecule has 2 heterocycles. The number of halogens is 2. The molecule has 36 heavy (non-hydrogen) atoms. The Balaban J connectivity index is 1.32. The van der Waals surface area contributed by atoms with E-state index in [-0.39, 0.29) is 11.6 Å². The van der Waals surface area contributed by atoms with Crippen molar-refractivity contribution < 1.29 is 18.4 Å². The molecule has 0 saturated carbocycles. The van der Waals surface area contributed by atoms with Crippen molar-refractivity contribution in [1.29, 1.82) is 0 Å². The quantitative estimate of drug-likeness (QED) is 0.209. The van der Waals surface area contributed by atoms with Gasteiger partial charge < -0.3 is 26.3 Å². The first-order valence-electron chi connectivity index (χ1n) is 11.1. The molecule has 3 amide bonds. The third-order valence-electron chi connectivity index (χ3n) is 5.70. The number of benzene rings is 3. The number of rotatable bonds is 5. The minimum absolute atomic E-state index is 0.181. The van der Waals surface area contributed by atoms with Crippen LogP contribution in [0.25, 0.3) is 11.6 Å². The molecule has 5 N–H and O–H groups in total. The second kappa shape index (κ2) is 9.38. The molecular formula is C27H21F2N5O2. The average molecular weight is 485 g/mol. The maximum Gasteiger partial charge on any atom is 0.323 e. The van der Waals surface area contributed by atoms with Crippen molar-refractivity contribution in [1.82, 2.24) is 4.98 Å². The second-order valence-electron chi connectivity index (χ2n) is 8.23. The van der Waals surface area contributed by atoms with Crippen LogP contribution in [0.15, 0.2) is 72.9 Å². The van der Waals surface area contributed by atoms with Gasteiger partial charge in [0.1, 0.15) is 0 Å². The Bertz CT molecular complexity index is 1510. The lowest BCUT2D eigenvalue weighted by atomic mass is 10.1. The monoisotopic (exact) mass is 485 g/mol. The smallest absolute Gasteiger partial charge is 0.323 e. The van der Waals surface area contributed by atoms with Crippen LogP contribution in [0.1, 0.15) is 16.8 Å². The van der Waals surface area contributed by atoms with Crippen LogP contribution in [0.2, 0.25) is 0 Å². The Morgan fingerprint density at radius 1 is 0.917 bits per heavy atom. The zero-order valence-corrected chi connectivity index (χ0v) is 19.1. The van der Waals surface area contributed by atoms with E-state index in [2.05, 4.69) is 26.3 Å². The van der Waals surface area contributed by atoms with Crippen molar-refractivity contribution in [2.45, 2.75) is 6.92 Å². The number of aromatic amines is 1. The summed E-state index contributed by atoms with van der Waals surface area (Å²) in [6.07, 6.45) is 3.59. The first-order chi connectivity index (χ1) is 17.4. The van der Waals surface area contributed by atoms with Gasteiger partial charge >= 0.3 is 6.03 Å². The van der Waals surface area contributed by atoms with Crippen LogP contribution in [0, 0.1) is 18.6 Å². The molecule has 0 fully saturated rings. The van der Waals surface area contributed by atoms with Crippen molar-refractivity contribution in [3.05, 3.63) is 101 Å². The van der Waals surface area contributed by atoms with Gasteiger partial charge in [0.2, 0.25) is 0 Å². The van der Waals surface area contributed by atoms with E-state index < -0.39 is 17.7 Å². The van der Waals surface area contributed by atoms with E-state index in [0.717, 1.165) is 34.3 Å². The molecule has 0 unspecified atom stereocenters. The van der Waals surface area contributed by atoms with Gasteiger partial charge in [-0.3, -0.25) is 4.79 Å². The lowest BCUT2D eigenvalue weighted by Gasteiger charge is -2.14. The lowest BCUT2D eigenvalue weighted by Crippen LogP contribution is -2.20. The lowest BCUT2D eigenvalue weighted by molar-refractivity contribution is -0.110. The van der Waals surface area contributed by atoms with Gasteiger partial charge in [-0.05, 0) is 67.1 Å². The Morgan fingerprint density at radius 2 is 1.75 bits per heavy atom. The molecule has 7 nitrogen and oxygen atoms in total. The highest BCUT2D eigenvalue weighted by atomic mass is 19.2. The standard InChI is InChI=1S/C27H21F2N5O2/c1-15-7-8-18(32-27(36)34-22-6-2-5-21(28)25(22)29)13-23(15)31-17-9-10-19-20(12-16-4-3-11-30-16)26(35)33-24(19)14-17/h2-14,30-31H,1H3,(H,33,35)(H2,32,34,36). The summed E-state index contributed by atoms with van der Waals surface area (Å²) >= 11 is 0. The fourth-order valence-corrected chi connectivity index (χ4v) is 3.88. The molecule has 1 aromatic heterocycles. The Labute approximate surface area is 205 Å². The molecular weight excluding hydrogens is 464 g/mol. The van der Waals surface area contributed by atoms with E-state index in [9.17, 15) is 18.4 Å². The van der Waals surface area contributed by atoms with Crippen molar-refractivity contribution in [2.24, 2.45) is 0 Å². The van der Waals surface area contributed by atoms with E-state index in [0.29, 0.717) is 16.9 Å². The first kappa shape index (κ1) is 22.9. The number of nitrogens with one attached hydrogen (secondary N) is 5. The van der Waals surface area contributed by atoms with Crippen LogP contribution in [-0.4, -0.2) is 16.9 Å².